The lowest BCUT2D eigenvalue weighted by Gasteiger charge is -2.32. The molecule has 118 valence electrons. The molecule has 0 bridgehead atoms. The summed E-state index contributed by atoms with van der Waals surface area (Å²) in [7, 11) is 0. The molecule has 0 spiro atoms. The minimum Gasteiger partial charge on any atom is -0.441 e. The Bertz CT molecular complexity index is 659. The van der Waals surface area contributed by atoms with Gasteiger partial charge in [0.25, 0.3) is 0 Å². The lowest BCUT2D eigenvalue weighted by molar-refractivity contribution is -0.0406. The maximum Gasteiger partial charge on any atom is 0.226 e. The SMILES string of the molecule is Cc1oc(-c2cccc(Cl)c2)nc1CN1CC[C@@H](O)[C@H](O)C1. The average Bonchev–Trinajstić information content (AvgIpc) is 2.84. The fraction of sp³-hybridized carbons (Fsp3) is 0.438. The van der Waals surface area contributed by atoms with Gasteiger partial charge in [-0.25, -0.2) is 4.98 Å². The first-order chi connectivity index (χ1) is 10.5. The Hall–Kier alpha value is -1.40. The van der Waals surface area contributed by atoms with Gasteiger partial charge in [0.2, 0.25) is 5.89 Å². The normalized spacial score (nSPS) is 22.9. The first-order valence-electron chi connectivity index (χ1n) is 7.33. The van der Waals surface area contributed by atoms with Gasteiger partial charge >= 0.3 is 0 Å². The fourth-order valence-electron chi connectivity index (χ4n) is 2.66. The van der Waals surface area contributed by atoms with E-state index in [4.69, 9.17) is 16.0 Å². The molecule has 0 amide bonds. The summed E-state index contributed by atoms with van der Waals surface area (Å²) < 4.78 is 5.74. The number of hydrogen-bond acceptors (Lipinski definition) is 5. The number of rotatable bonds is 3. The minimum absolute atomic E-state index is 0.444. The molecule has 2 N–H and O–H groups in total. The van der Waals surface area contributed by atoms with Crippen LogP contribution in [-0.2, 0) is 6.54 Å². The summed E-state index contributed by atoms with van der Waals surface area (Å²) in [5.41, 5.74) is 1.69. The summed E-state index contributed by atoms with van der Waals surface area (Å²) in [6, 6.07) is 7.39. The van der Waals surface area contributed by atoms with Crippen LogP contribution in [0.5, 0.6) is 0 Å². The third-order valence-corrected chi connectivity index (χ3v) is 4.20. The van der Waals surface area contributed by atoms with E-state index < -0.39 is 12.2 Å². The number of piperidine rings is 1. The number of aliphatic hydroxyl groups excluding tert-OH is 2. The molecule has 0 aliphatic carbocycles. The molecule has 22 heavy (non-hydrogen) atoms. The van der Waals surface area contributed by atoms with Crippen molar-refractivity contribution in [2.24, 2.45) is 0 Å². The largest absolute Gasteiger partial charge is 0.441 e. The summed E-state index contributed by atoms with van der Waals surface area (Å²) in [6.45, 7) is 3.66. The zero-order valence-corrected chi connectivity index (χ0v) is 13.1. The van der Waals surface area contributed by atoms with E-state index in [2.05, 4.69) is 9.88 Å². The molecule has 3 rings (SSSR count). The van der Waals surface area contributed by atoms with Crippen LogP contribution in [0.1, 0.15) is 17.9 Å². The highest BCUT2D eigenvalue weighted by molar-refractivity contribution is 6.30. The van der Waals surface area contributed by atoms with E-state index in [9.17, 15) is 10.2 Å². The molecule has 6 heteroatoms. The first kappa shape index (κ1) is 15.5. The second-order valence-corrected chi connectivity index (χ2v) is 6.13. The van der Waals surface area contributed by atoms with Crippen LogP contribution in [0.4, 0.5) is 0 Å². The maximum absolute atomic E-state index is 9.76. The Morgan fingerprint density at radius 2 is 2.18 bits per heavy atom. The first-order valence-corrected chi connectivity index (χ1v) is 7.71. The third-order valence-electron chi connectivity index (χ3n) is 3.97. The predicted octanol–water partition coefficient (Wildman–Crippen LogP) is 2.23. The smallest absolute Gasteiger partial charge is 0.226 e. The molecule has 5 nitrogen and oxygen atoms in total. The highest BCUT2D eigenvalue weighted by atomic mass is 35.5. The van der Waals surface area contributed by atoms with E-state index in [1.165, 1.54) is 0 Å². The molecule has 1 aliphatic rings. The van der Waals surface area contributed by atoms with Crippen LogP contribution in [0.15, 0.2) is 28.7 Å². The van der Waals surface area contributed by atoms with Crippen LogP contribution in [0.2, 0.25) is 5.02 Å². The van der Waals surface area contributed by atoms with E-state index in [1.807, 2.05) is 31.2 Å². The van der Waals surface area contributed by atoms with Crippen molar-refractivity contribution in [3.63, 3.8) is 0 Å². The predicted molar refractivity (Wildman–Crippen MR) is 83.6 cm³/mol. The molecule has 1 saturated heterocycles. The van der Waals surface area contributed by atoms with Crippen LogP contribution in [-0.4, -0.2) is 45.4 Å². The molecule has 0 saturated carbocycles. The van der Waals surface area contributed by atoms with Crippen LogP contribution in [0, 0.1) is 6.92 Å². The number of benzene rings is 1. The standard InChI is InChI=1S/C16H19ClN2O3/c1-10-13(8-19-6-5-14(20)15(21)9-19)18-16(22-10)11-3-2-4-12(17)7-11/h2-4,7,14-15,20-21H,5-6,8-9H2,1H3/t14-,15-/m1/s1. The zero-order chi connectivity index (χ0) is 15.7. The number of hydrogen-bond donors (Lipinski definition) is 2. The van der Waals surface area contributed by atoms with Gasteiger partial charge in [0.15, 0.2) is 0 Å². The molecule has 1 fully saturated rings. The van der Waals surface area contributed by atoms with E-state index >= 15 is 0 Å². The van der Waals surface area contributed by atoms with Gasteiger partial charge in [-0.1, -0.05) is 17.7 Å². The Labute approximate surface area is 134 Å². The van der Waals surface area contributed by atoms with Crippen LogP contribution >= 0.6 is 11.6 Å². The van der Waals surface area contributed by atoms with Gasteiger partial charge in [0.1, 0.15) is 5.76 Å². The Balaban J connectivity index is 1.75. The second-order valence-electron chi connectivity index (χ2n) is 5.69. The molecular formula is C16H19ClN2O3. The van der Waals surface area contributed by atoms with Crippen LogP contribution in [0.25, 0.3) is 11.5 Å². The molecule has 1 aliphatic heterocycles. The Morgan fingerprint density at radius 1 is 1.36 bits per heavy atom. The van der Waals surface area contributed by atoms with Crippen molar-refractivity contribution in [2.45, 2.75) is 32.1 Å². The van der Waals surface area contributed by atoms with Gasteiger partial charge < -0.3 is 14.6 Å². The molecular weight excluding hydrogens is 304 g/mol. The lowest BCUT2D eigenvalue weighted by Crippen LogP contribution is -2.46. The van der Waals surface area contributed by atoms with E-state index in [0.29, 0.717) is 30.4 Å². The summed E-state index contributed by atoms with van der Waals surface area (Å²) in [5, 5.41) is 20.0. The summed E-state index contributed by atoms with van der Waals surface area (Å²) in [6.07, 6.45) is -0.760. The maximum atomic E-state index is 9.76. The number of oxazole rings is 1. The second kappa shape index (κ2) is 6.38. The zero-order valence-electron chi connectivity index (χ0n) is 12.4. The van der Waals surface area contributed by atoms with E-state index in [-0.39, 0.29) is 0 Å². The van der Waals surface area contributed by atoms with Gasteiger partial charge in [-0.2, -0.15) is 0 Å². The van der Waals surface area contributed by atoms with Crippen molar-refractivity contribution in [3.05, 3.63) is 40.7 Å². The topological polar surface area (TPSA) is 69.7 Å². The van der Waals surface area contributed by atoms with Crippen molar-refractivity contribution in [1.29, 1.82) is 0 Å². The monoisotopic (exact) mass is 322 g/mol. The number of aliphatic hydroxyl groups is 2. The molecule has 1 aromatic heterocycles. The highest BCUT2D eigenvalue weighted by Crippen LogP contribution is 2.25. The van der Waals surface area contributed by atoms with Crippen molar-refractivity contribution in [2.75, 3.05) is 13.1 Å². The van der Waals surface area contributed by atoms with E-state index in [0.717, 1.165) is 23.6 Å². The fourth-order valence-corrected chi connectivity index (χ4v) is 2.85. The van der Waals surface area contributed by atoms with Gasteiger partial charge in [-0.3, -0.25) is 4.90 Å². The number of nitrogens with zero attached hydrogens (tertiary/aromatic N) is 2. The number of aryl methyl sites for hydroxylation is 1. The van der Waals surface area contributed by atoms with Gasteiger partial charge in [0, 0.05) is 30.2 Å². The molecule has 2 atom stereocenters. The number of halogens is 1. The molecule has 2 heterocycles. The van der Waals surface area contributed by atoms with Gasteiger partial charge in [-0.15, -0.1) is 0 Å². The molecule has 2 aromatic rings. The van der Waals surface area contributed by atoms with Gasteiger partial charge in [-0.05, 0) is 31.5 Å². The Kier molecular flexibility index (Phi) is 4.49. The molecule has 1 aromatic carbocycles. The molecule has 0 radical (unpaired) electrons. The molecule has 0 unspecified atom stereocenters. The quantitative estimate of drug-likeness (QED) is 0.907. The summed E-state index contributed by atoms with van der Waals surface area (Å²) in [5.74, 6) is 1.31. The number of aromatic nitrogens is 1. The Morgan fingerprint density at radius 3 is 2.91 bits per heavy atom. The number of β-amino-alcohol motifs (C(OH)–C–C–N with tert-alkyl or cyclic N) is 1. The van der Waals surface area contributed by atoms with Gasteiger partial charge in [0.05, 0.1) is 17.9 Å². The van der Waals surface area contributed by atoms with Crippen molar-refractivity contribution >= 4 is 11.6 Å². The average molecular weight is 323 g/mol. The van der Waals surface area contributed by atoms with Crippen LogP contribution < -0.4 is 0 Å². The van der Waals surface area contributed by atoms with Crippen LogP contribution in [0.3, 0.4) is 0 Å². The highest BCUT2D eigenvalue weighted by Gasteiger charge is 2.26. The number of likely N-dealkylation sites (tertiary alicyclic amines) is 1. The van der Waals surface area contributed by atoms with Crippen molar-refractivity contribution in [3.8, 4) is 11.5 Å². The summed E-state index contributed by atoms with van der Waals surface area (Å²) >= 11 is 6.00. The van der Waals surface area contributed by atoms with Crippen molar-refractivity contribution in [1.82, 2.24) is 9.88 Å². The lowest BCUT2D eigenvalue weighted by atomic mass is 10.1. The minimum atomic E-state index is -0.701. The van der Waals surface area contributed by atoms with Crippen molar-refractivity contribution < 1.29 is 14.6 Å². The van der Waals surface area contributed by atoms with E-state index in [1.54, 1.807) is 0 Å². The summed E-state index contributed by atoms with van der Waals surface area (Å²) in [4.78, 5) is 6.62. The third kappa shape index (κ3) is 3.33.